The van der Waals surface area contributed by atoms with Crippen molar-refractivity contribution in [1.82, 2.24) is 5.09 Å². The van der Waals surface area contributed by atoms with E-state index in [-0.39, 0.29) is 28.2 Å². The van der Waals surface area contributed by atoms with Crippen LogP contribution in [-0.2, 0) is 20.7 Å². The van der Waals surface area contributed by atoms with Crippen LogP contribution in [0.2, 0.25) is 0 Å². The minimum Gasteiger partial charge on any atom is -0.460 e. The number of carbonyl (C=O) groups is 2. The molecule has 0 aliphatic rings. The average Bonchev–Trinajstić information content (AvgIpc) is 3.51. The highest BCUT2D eigenvalue weighted by Crippen LogP contribution is 2.58. The maximum Gasteiger partial charge on any atom is 0.355 e. The van der Waals surface area contributed by atoms with Gasteiger partial charge in [0.2, 0.25) is 40.7 Å². The van der Waals surface area contributed by atoms with Crippen molar-refractivity contribution in [2.45, 2.75) is 25.5 Å². The van der Waals surface area contributed by atoms with Crippen molar-refractivity contribution in [2.24, 2.45) is 0 Å². The second kappa shape index (κ2) is 14.0. The monoisotopic (exact) mass is 693 g/mol. The van der Waals surface area contributed by atoms with Crippen molar-refractivity contribution in [2.75, 3.05) is 0 Å². The standard InChI is InChI=1S/C32H22F6NO6PS/c1-17(31(40)43-16-18-8-4-2-5-9-18)39-46(42,45-21-10-6-3-7-11-21)30(38)19-12-13-22-20(14-19)15-23(47-22)32(41)44-29-27(36)25(34)24(33)26(35)28(29)37/h2-15,17,30H,16H2,1H3,(H,39,42)/t17-,30+,46?/m0/s1. The molecule has 0 radical (unpaired) electrons. The van der Waals surface area contributed by atoms with Gasteiger partial charge in [-0.25, -0.2) is 27.4 Å². The lowest BCUT2D eigenvalue weighted by Gasteiger charge is -2.26. The Morgan fingerprint density at radius 1 is 0.830 bits per heavy atom. The summed E-state index contributed by atoms with van der Waals surface area (Å²) >= 11 is 0.716. The predicted octanol–water partition coefficient (Wildman–Crippen LogP) is 8.78. The summed E-state index contributed by atoms with van der Waals surface area (Å²) in [5, 5.41) is 2.63. The normalized spacial score (nSPS) is 13.9. The third kappa shape index (κ3) is 7.35. The fourth-order valence-electron chi connectivity index (χ4n) is 4.28. The molecular weight excluding hydrogens is 671 g/mol. The van der Waals surface area contributed by atoms with Crippen LogP contribution in [0.25, 0.3) is 10.1 Å². The van der Waals surface area contributed by atoms with Crippen LogP contribution < -0.4 is 14.3 Å². The van der Waals surface area contributed by atoms with E-state index in [4.69, 9.17) is 9.26 Å². The summed E-state index contributed by atoms with van der Waals surface area (Å²) < 4.78 is 115. The molecule has 47 heavy (non-hydrogen) atoms. The number of para-hydroxylation sites is 1. The van der Waals surface area contributed by atoms with Gasteiger partial charge in [-0.3, -0.25) is 9.36 Å². The van der Waals surface area contributed by atoms with E-state index in [1.807, 2.05) is 0 Å². The van der Waals surface area contributed by atoms with Gasteiger partial charge in [-0.1, -0.05) is 54.6 Å². The molecule has 1 aromatic heterocycles. The maximum atomic E-state index is 16.2. The lowest BCUT2D eigenvalue weighted by Crippen LogP contribution is -2.35. The number of fused-ring (bicyclic) bond motifs is 1. The molecule has 5 rings (SSSR count). The Hall–Kier alpha value is -4.65. The van der Waals surface area contributed by atoms with Crippen molar-refractivity contribution in [1.29, 1.82) is 0 Å². The van der Waals surface area contributed by atoms with E-state index < -0.39 is 66.2 Å². The molecule has 0 saturated carbocycles. The number of carbonyl (C=O) groups excluding carboxylic acids is 2. The molecule has 0 aliphatic carbocycles. The van der Waals surface area contributed by atoms with E-state index in [9.17, 15) is 36.1 Å². The third-order valence-corrected chi connectivity index (χ3v) is 9.83. The Labute approximate surface area is 267 Å². The molecule has 3 atom stereocenters. The lowest BCUT2D eigenvalue weighted by atomic mass is 10.2. The van der Waals surface area contributed by atoms with Crippen molar-refractivity contribution < 1.29 is 54.5 Å². The number of hydrogen-bond donors (Lipinski definition) is 1. The molecule has 244 valence electrons. The van der Waals surface area contributed by atoms with Crippen LogP contribution in [0.1, 0.15) is 33.6 Å². The maximum absolute atomic E-state index is 16.2. The molecule has 0 spiro atoms. The van der Waals surface area contributed by atoms with Gasteiger partial charge in [0.25, 0.3) is 0 Å². The lowest BCUT2D eigenvalue weighted by molar-refractivity contribution is -0.146. The molecule has 0 fully saturated rings. The highest BCUT2D eigenvalue weighted by atomic mass is 32.1. The summed E-state index contributed by atoms with van der Waals surface area (Å²) in [6, 6.07) is 20.1. The molecule has 4 aromatic carbocycles. The van der Waals surface area contributed by atoms with Gasteiger partial charge in [-0.2, -0.15) is 8.78 Å². The first-order valence-corrected chi connectivity index (χ1v) is 16.1. The van der Waals surface area contributed by atoms with Crippen molar-refractivity contribution >= 4 is 40.9 Å². The molecule has 5 aromatic rings. The number of esters is 2. The van der Waals surface area contributed by atoms with Crippen molar-refractivity contribution in [3.8, 4) is 11.5 Å². The molecule has 0 bridgehead atoms. The van der Waals surface area contributed by atoms with E-state index in [1.54, 1.807) is 48.5 Å². The van der Waals surface area contributed by atoms with Gasteiger partial charge in [-0.15, -0.1) is 11.3 Å². The fraction of sp³-hybridized carbons (Fsp3) is 0.125. The molecule has 0 saturated heterocycles. The zero-order valence-electron chi connectivity index (χ0n) is 24.0. The minimum atomic E-state index is -4.61. The topological polar surface area (TPSA) is 90.9 Å². The Bertz CT molecular complexity index is 1970. The van der Waals surface area contributed by atoms with E-state index in [0.29, 0.717) is 21.6 Å². The molecule has 7 nitrogen and oxygen atoms in total. The third-order valence-electron chi connectivity index (χ3n) is 6.61. The van der Waals surface area contributed by atoms with Crippen molar-refractivity contribution in [3.63, 3.8) is 0 Å². The SMILES string of the molecule is C[C@H](NP(=O)(Oc1ccccc1)[C@@H](F)c1ccc2sc(C(=O)Oc3c(F)c(F)c(F)c(F)c3F)cc2c1)C(=O)OCc1ccccc1. The number of benzene rings is 4. The molecule has 15 heteroatoms. The van der Waals surface area contributed by atoms with Crippen LogP contribution in [0.3, 0.4) is 0 Å². The van der Waals surface area contributed by atoms with E-state index >= 15 is 4.39 Å². The number of thiophene rings is 1. The van der Waals surface area contributed by atoms with Crippen LogP contribution in [0, 0.1) is 29.1 Å². The van der Waals surface area contributed by atoms with Crippen LogP contribution >= 0.6 is 18.9 Å². The van der Waals surface area contributed by atoms with Gasteiger partial charge < -0.3 is 14.0 Å². The van der Waals surface area contributed by atoms with Crippen LogP contribution in [-0.4, -0.2) is 18.0 Å². The number of rotatable bonds is 11. The van der Waals surface area contributed by atoms with Gasteiger partial charge >= 0.3 is 19.5 Å². The smallest absolute Gasteiger partial charge is 0.355 e. The Morgan fingerprint density at radius 3 is 2.06 bits per heavy atom. The fourth-order valence-corrected chi connectivity index (χ4v) is 7.11. The van der Waals surface area contributed by atoms with E-state index in [1.165, 1.54) is 37.3 Å². The zero-order valence-corrected chi connectivity index (χ0v) is 25.7. The molecule has 0 aliphatic heterocycles. The van der Waals surface area contributed by atoms with Gasteiger partial charge in [0.05, 0.1) is 0 Å². The second-order valence-corrected chi connectivity index (χ2v) is 13.1. The minimum absolute atomic E-state index is 0.0330. The Kier molecular flexibility index (Phi) is 10.0. The summed E-state index contributed by atoms with van der Waals surface area (Å²) in [6.07, 6.45) is 0. The van der Waals surface area contributed by atoms with E-state index in [2.05, 4.69) is 9.82 Å². The van der Waals surface area contributed by atoms with Gasteiger partial charge in [0.1, 0.15) is 23.3 Å². The highest BCUT2D eigenvalue weighted by molar-refractivity contribution is 7.57. The molecule has 1 unspecified atom stereocenters. The summed E-state index contributed by atoms with van der Waals surface area (Å²) in [6.45, 7) is 1.24. The zero-order chi connectivity index (χ0) is 33.9. The van der Waals surface area contributed by atoms with Gasteiger partial charge in [0.15, 0.2) is 0 Å². The van der Waals surface area contributed by atoms with Crippen LogP contribution in [0.15, 0.2) is 84.9 Å². The number of ether oxygens (including phenoxy) is 2. The number of alkyl halides is 1. The summed E-state index contributed by atoms with van der Waals surface area (Å²) in [5.74, 6) is -18.1. The first-order valence-electron chi connectivity index (χ1n) is 13.6. The molecule has 1 heterocycles. The molecule has 1 N–H and O–H groups in total. The number of hydrogen-bond acceptors (Lipinski definition) is 7. The van der Waals surface area contributed by atoms with Crippen LogP contribution in [0.4, 0.5) is 26.3 Å². The van der Waals surface area contributed by atoms with Crippen LogP contribution in [0.5, 0.6) is 11.5 Å². The van der Waals surface area contributed by atoms with Crippen molar-refractivity contribution in [3.05, 3.63) is 130 Å². The first kappa shape index (κ1) is 33.7. The van der Waals surface area contributed by atoms with Gasteiger partial charge in [-0.05, 0) is 53.8 Å². The number of halogens is 6. The quantitative estimate of drug-likeness (QED) is 0.0370. The summed E-state index contributed by atoms with van der Waals surface area (Å²) in [7, 11) is -4.61. The first-order chi connectivity index (χ1) is 22.4. The average molecular weight is 694 g/mol. The summed E-state index contributed by atoms with van der Waals surface area (Å²) in [5.41, 5.74) is 0.492. The predicted molar refractivity (Wildman–Crippen MR) is 160 cm³/mol. The largest absolute Gasteiger partial charge is 0.460 e. The Morgan fingerprint density at radius 2 is 1.43 bits per heavy atom. The highest BCUT2D eigenvalue weighted by Gasteiger charge is 2.41. The molecule has 0 amide bonds. The van der Waals surface area contributed by atoms with E-state index in [0.717, 1.165) is 6.07 Å². The summed E-state index contributed by atoms with van der Waals surface area (Å²) in [4.78, 5) is 25.0. The number of nitrogens with one attached hydrogen (secondary N) is 1. The second-order valence-electron chi connectivity index (χ2n) is 9.98. The van der Waals surface area contributed by atoms with Gasteiger partial charge in [0, 0.05) is 4.70 Å². The molecular formula is C32H22F6NO6PS. The Balaban J connectivity index is 1.39.